The minimum atomic E-state index is -2.27. The molecule has 1 aliphatic rings. The molecule has 3 rings (SSSR count). The molecule has 1 amide bonds. The zero-order valence-corrected chi connectivity index (χ0v) is 21.2. The van der Waals surface area contributed by atoms with Gasteiger partial charge in [0, 0.05) is 44.2 Å². The Bertz CT molecular complexity index is 1040. The molecule has 1 aromatic carbocycles. The number of anilines is 1. The van der Waals surface area contributed by atoms with E-state index in [9.17, 15) is 14.4 Å². The monoisotopic (exact) mass is 533 g/mol. The molecule has 2 aromatic rings. The van der Waals surface area contributed by atoms with Crippen LogP contribution in [0, 0.1) is 5.92 Å². The Morgan fingerprint density at radius 1 is 1.05 bits per heavy atom. The van der Waals surface area contributed by atoms with E-state index in [2.05, 4.69) is 20.9 Å². The number of carbonyl (C=O) groups is 3. The summed E-state index contributed by atoms with van der Waals surface area (Å²) < 4.78 is 0. The Hall–Kier alpha value is -3.65. The van der Waals surface area contributed by atoms with Gasteiger partial charge in [0.15, 0.2) is 12.2 Å². The van der Waals surface area contributed by atoms with Gasteiger partial charge in [-0.1, -0.05) is 18.2 Å². The lowest BCUT2D eigenvalue weighted by molar-refractivity contribution is -0.165. The zero-order chi connectivity index (χ0) is 28.2. The Kier molecular flexibility index (Phi) is 12.0. The molecule has 0 radical (unpaired) electrons. The number of hydrogen-bond donors (Lipinski definition) is 6. The van der Waals surface area contributed by atoms with Crippen molar-refractivity contribution in [2.24, 2.45) is 11.7 Å². The summed E-state index contributed by atoms with van der Waals surface area (Å²) in [5.74, 6) is -2.49. The highest BCUT2D eigenvalue weighted by Crippen LogP contribution is 2.25. The van der Waals surface area contributed by atoms with Crippen molar-refractivity contribution < 1.29 is 39.9 Å². The summed E-state index contributed by atoms with van der Waals surface area (Å²) in [6.07, 6.45) is 2.25. The molecular weight excluding hydrogens is 498 g/mol. The van der Waals surface area contributed by atoms with Crippen molar-refractivity contribution in [3.63, 3.8) is 0 Å². The number of benzene rings is 1. The van der Waals surface area contributed by atoms with Crippen molar-refractivity contribution in [1.29, 1.82) is 0 Å². The average molecular weight is 534 g/mol. The van der Waals surface area contributed by atoms with Gasteiger partial charge in [-0.2, -0.15) is 0 Å². The number of likely N-dealkylation sites (N-methyl/N-ethyl adjacent to an activating group) is 1. The van der Waals surface area contributed by atoms with Crippen LogP contribution in [0.1, 0.15) is 24.8 Å². The highest BCUT2D eigenvalue weighted by atomic mass is 16.4. The number of piperidine rings is 1. The smallest absolute Gasteiger partial charge is 0.335 e. The molecule has 1 fully saturated rings. The predicted molar refractivity (Wildman–Crippen MR) is 137 cm³/mol. The summed E-state index contributed by atoms with van der Waals surface area (Å²) >= 11 is 0. The molecule has 13 heteroatoms. The molecule has 0 unspecified atom stereocenters. The van der Waals surface area contributed by atoms with Gasteiger partial charge in [0.2, 0.25) is 11.9 Å². The number of aromatic nitrogens is 2. The third-order valence-electron chi connectivity index (χ3n) is 6.02. The van der Waals surface area contributed by atoms with Crippen LogP contribution in [-0.4, -0.2) is 104 Å². The highest BCUT2D eigenvalue weighted by molar-refractivity contribution is 5.83. The topological polar surface area (TPSA) is 211 Å². The third-order valence-corrected chi connectivity index (χ3v) is 6.02. The van der Waals surface area contributed by atoms with Crippen LogP contribution in [0.4, 0.5) is 5.95 Å². The minimum Gasteiger partial charge on any atom is -0.479 e. The summed E-state index contributed by atoms with van der Waals surface area (Å²) in [5.41, 5.74) is 8.39. The molecule has 2 heterocycles. The number of aliphatic hydroxyl groups is 3. The summed E-state index contributed by atoms with van der Waals surface area (Å²) in [5, 5.41) is 41.6. The van der Waals surface area contributed by atoms with Crippen LogP contribution in [0.15, 0.2) is 36.7 Å². The summed E-state index contributed by atoms with van der Waals surface area (Å²) in [6.45, 7) is 3.03. The fraction of sp³-hybridized carbons (Fsp3) is 0.480. The minimum absolute atomic E-state index is 0.233. The van der Waals surface area contributed by atoms with Crippen LogP contribution in [-0.2, 0) is 20.9 Å². The molecule has 0 spiro atoms. The lowest BCUT2D eigenvalue weighted by atomic mass is 9.94. The number of nitrogens with two attached hydrogens (primary N) is 1. The van der Waals surface area contributed by atoms with Crippen molar-refractivity contribution in [3.05, 3.63) is 42.2 Å². The molecule has 0 saturated carbocycles. The Labute approximate surface area is 220 Å². The summed E-state index contributed by atoms with van der Waals surface area (Å²) in [6, 6.07) is 8.17. The van der Waals surface area contributed by atoms with Gasteiger partial charge in [0.25, 0.3) is 0 Å². The van der Waals surface area contributed by atoms with Gasteiger partial charge in [-0.25, -0.2) is 19.6 Å². The van der Waals surface area contributed by atoms with Crippen LogP contribution in [0.25, 0.3) is 11.1 Å². The number of carboxylic acid groups (broad SMARTS) is 2. The highest BCUT2D eigenvalue weighted by Gasteiger charge is 2.29. The van der Waals surface area contributed by atoms with E-state index in [0.29, 0.717) is 12.5 Å². The van der Waals surface area contributed by atoms with E-state index >= 15 is 0 Å². The van der Waals surface area contributed by atoms with E-state index in [1.165, 1.54) is 0 Å². The quantitative estimate of drug-likeness (QED) is 0.217. The first-order chi connectivity index (χ1) is 18.0. The fourth-order valence-electron chi connectivity index (χ4n) is 3.99. The molecule has 7 N–H and O–H groups in total. The van der Waals surface area contributed by atoms with E-state index in [-0.39, 0.29) is 19.1 Å². The van der Waals surface area contributed by atoms with Crippen molar-refractivity contribution >= 4 is 23.8 Å². The molecule has 208 valence electrons. The number of rotatable bonds is 11. The number of aliphatic carboxylic acids is 2. The van der Waals surface area contributed by atoms with E-state index in [0.717, 1.165) is 55.0 Å². The van der Waals surface area contributed by atoms with E-state index < -0.39 is 24.1 Å². The maximum atomic E-state index is 11.1. The molecule has 38 heavy (non-hydrogen) atoms. The van der Waals surface area contributed by atoms with Crippen molar-refractivity contribution in [2.75, 3.05) is 38.2 Å². The Morgan fingerprint density at radius 2 is 1.63 bits per heavy atom. The molecule has 0 bridgehead atoms. The van der Waals surface area contributed by atoms with Crippen LogP contribution in [0.5, 0.6) is 0 Å². The number of primary amides is 1. The number of amides is 1. The first kappa shape index (κ1) is 30.6. The number of aliphatic hydroxyl groups excluding tert-OH is 3. The molecule has 2 atom stereocenters. The predicted octanol–water partition coefficient (Wildman–Crippen LogP) is -0.463. The lowest BCUT2D eigenvalue weighted by Crippen LogP contribution is -2.39. The summed E-state index contributed by atoms with van der Waals surface area (Å²) in [7, 11) is 1.87. The molecule has 1 saturated heterocycles. The zero-order valence-electron chi connectivity index (χ0n) is 21.2. The second-order valence-corrected chi connectivity index (χ2v) is 9.12. The van der Waals surface area contributed by atoms with Crippen LogP contribution in [0.3, 0.4) is 0 Å². The van der Waals surface area contributed by atoms with Gasteiger partial charge >= 0.3 is 11.9 Å². The number of carboxylic acids is 2. The van der Waals surface area contributed by atoms with Gasteiger partial charge < -0.3 is 36.2 Å². The fourth-order valence-corrected chi connectivity index (χ4v) is 3.99. The SMILES string of the molecule is CN(CC(N)=O)Cc1cccc(-c2cnc(N3CCC(CCO)CC3)nc2)c1.O=C(O)[C@H](O)[C@@H](O)C(=O)O. The number of carbonyl (C=O) groups excluding carboxylic acids is 1. The maximum absolute atomic E-state index is 11.1. The van der Waals surface area contributed by atoms with Crippen LogP contribution >= 0.6 is 0 Å². The van der Waals surface area contributed by atoms with Crippen molar-refractivity contribution in [3.8, 4) is 11.1 Å². The Morgan fingerprint density at radius 3 is 2.13 bits per heavy atom. The van der Waals surface area contributed by atoms with E-state index in [4.69, 9.17) is 31.3 Å². The largest absolute Gasteiger partial charge is 0.479 e. The average Bonchev–Trinajstić information content (AvgIpc) is 2.88. The Balaban J connectivity index is 0.000000432. The van der Waals surface area contributed by atoms with Gasteiger partial charge in [0.05, 0.1) is 6.54 Å². The molecule has 1 aromatic heterocycles. The molecule has 13 nitrogen and oxygen atoms in total. The first-order valence-electron chi connectivity index (χ1n) is 12.1. The molecule has 1 aliphatic heterocycles. The molecular formula is C25H35N5O8. The number of hydrogen-bond acceptors (Lipinski definition) is 10. The summed E-state index contributed by atoms with van der Waals surface area (Å²) in [4.78, 5) is 43.8. The van der Waals surface area contributed by atoms with Gasteiger partial charge in [-0.3, -0.25) is 9.69 Å². The van der Waals surface area contributed by atoms with Gasteiger partial charge in [-0.05, 0) is 49.4 Å². The maximum Gasteiger partial charge on any atom is 0.335 e. The normalized spacial score (nSPS) is 15.3. The van der Waals surface area contributed by atoms with Gasteiger partial charge in [0.1, 0.15) is 0 Å². The second-order valence-electron chi connectivity index (χ2n) is 9.12. The number of nitrogens with zero attached hydrogens (tertiary/aromatic N) is 4. The lowest BCUT2D eigenvalue weighted by Gasteiger charge is -2.31. The van der Waals surface area contributed by atoms with Crippen LogP contribution < -0.4 is 10.6 Å². The van der Waals surface area contributed by atoms with Gasteiger partial charge in [-0.15, -0.1) is 0 Å². The third kappa shape index (κ3) is 9.67. The van der Waals surface area contributed by atoms with Crippen molar-refractivity contribution in [2.45, 2.75) is 38.0 Å². The van der Waals surface area contributed by atoms with E-state index in [1.807, 2.05) is 42.5 Å². The standard InChI is InChI=1S/C21H29N5O2.C4H6O6/c1-25(15-20(22)28)14-17-3-2-4-18(11-17)19-12-23-21(24-13-19)26-8-5-16(6-9-26)7-10-27;5-1(3(7)8)2(6)4(9)10/h2-4,11-13,16,27H,5-10,14-15H2,1H3,(H2,22,28);1-2,5-6H,(H,7,8)(H,9,10)/t;1-,2-/m.1/s1. The first-order valence-corrected chi connectivity index (χ1v) is 12.1. The van der Waals surface area contributed by atoms with Crippen LogP contribution in [0.2, 0.25) is 0 Å². The molecule has 0 aliphatic carbocycles. The van der Waals surface area contributed by atoms with Crippen molar-refractivity contribution in [1.82, 2.24) is 14.9 Å². The van der Waals surface area contributed by atoms with E-state index in [1.54, 1.807) is 0 Å². The second kappa shape index (κ2) is 14.9.